The fourth-order valence-electron chi connectivity index (χ4n) is 0.283. The molecule has 3 nitrogen and oxygen atoms in total. The van der Waals surface area contributed by atoms with Crippen LogP contribution in [0.2, 0.25) is 0 Å². The van der Waals surface area contributed by atoms with Crippen molar-refractivity contribution in [2.24, 2.45) is 0 Å². The van der Waals surface area contributed by atoms with Crippen LogP contribution >= 0.6 is 0 Å². The average molecular weight is 172 g/mol. The molecule has 0 aliphatic rings. The Hall–Kier alpha value is 0.390. The van der Waals surface area contributed by atoms with Gasteiger partial charge in [-0.05, 0) is 12.5 Å². The fraction of sp³-hybridized carbons (Fsp3) is 0.200. The molecule has 5 heteroatoms. The Morgan fingerprint density at radius 1 is 1.70 bits per heavy atom. The van der Waals surface area contributed by atoms with Gasteiger partial charge in [0.2, 0.25) is 0 Å². The molecule has 1 N–H and O–H groups in total. The molecule has 0 bridgehead atoms. The first kappa shape index (κ1) is 13.0. The van der Waals surface area contributed by atoms with Crippen LogP contribution in [0.1, 0.15) is 8.35 Å². The van der Waals surface area contributed by atoms with Gasteiger partial charge >= 0.3 is 29.6 Å². The van der Waals surface area contributed by atoms with E-state index in [4.69, 9.17) is 4.55 Å². The maximum atomic E-state index is 10.0. The molecule has 0 saturated carbocycles. The normalized spacial score (nSPS) is 12.0. The van der Waals surface area contributed by atoms with Gasteiger partial charge in [0, 0.05) is 0 Å². The third-order valence-corrected chi connectivity index (χ3v) is 1.33. The van der Waals surface area contributed by atoms with E-state index in [0.717, 1.165) is 5.41 Å². The van der Waals surface area contributed by atoms with E-state index in [0.29, 0.717) is 5.57 Å². The van der Waals surface area contributed by atoms with Gasteiger partial charge in [-0.1, -0.05) is 12.7 Å². The van der Waals surface area contributed by atoms with E-state index in [9.17, 15) is 8.42 Å². The summed E-state index contributed by atoms with van der Waals surface area (Å²) in [5, 5.41) is 0.736. The van der Waals surface area contributed by atoms with Crippen LogP contribution < -0.4 is 29.6 Å². The van der Waals surface area contributed by atoms with Crippen LogP contribution in [-0.4, -0.2) is 13.0 Å². The van der Waals surface area contributed by atoms with Gasteiger partial charge in [-0.2, -0.15) is 8.42 Å². The largest absolute Gasteiger partial charge is 1.00 e. The molecule has 0 saturated heterocycles. The smallest absolute Gasteiger partial charge is 1.00 e. The summed E-state index contributed by atoms with van der Waals surface area (Å²) < 4.78 is 28.2. The van der Waals surface area contributed by atoms with Crippen LogP contribution in [0.25, 0.3) is 0 Å². The molecule has 0 radical (unpaired) electrons. The van der Waals surface area contributed by atoms with E-state index in [1.54, 1.807) is 0 Å². The van der Waals surface area contributed by atoms with E-state index in [1.807, 2.05) is 0 Å². The molecule has 0 unspecified atom stereocenters. The standard InChI is InChI=1S/C5H8O3S.Na.H/c1-3-5(2)4-9(6,7)8;;/h3-4H,1H2,2H3,(H,6,7,8);;/q;+1;-1. The van der Waals surface area contributed by atoms with Gasteiger partial charge in [-0.3, -0.25) is 4.55 Å². The van der Waals surface area contributed by atoms with Crippen LogP contribution in [0.5, 0.6) is 0 Å². The molecular weight excluding hydrogens is 163 g/mol. The minimum absolute atomic E-state index is 0. The molecule has 0 atom stereocenters. The first-order valence-corrected chi connectivity index (χ1v) is 3.74. The Kier molecular flexibility index (Phi) is 6.63. The van der Waals surface area contributed by atoms with Crippen molar-refractivity contribution < 1.29 is 44.0 Å². The van der Waals surface area contributed by atoms with Gasteiger partial charge < -0.3 is 1.43 Å². The molecular formula is C5H9NaO3S. The summed E-state index contributed by atoms with van der Waals surface area (Å²) in [4.78, 5) is 0. The Morgan fingerprint density at radius 3 is 2.20 bits per heavy atom. The molecule has 10 heavy (non-hydrogen) atoms. The van der Waals surface area contributed by atoms with Gasteiger partial charge in [0.1, 0.15) is 0 Å². The van der Waals surface area contributed by atoms with Crippen LogP contribution in [0.15, 0.2) is 23.6 Å². The second-order valence-corrected chi connectivity index (χ2v) is 2.85. The Bertz CT molecular complexity index is 232. The van der Waals surface area contributed by atoms with E-state index in [2.05, 4.69) is 6.58 Å². The quantitative estimate of drug-likeness (QED) is 0.300. The van der Waals surface area contributed by atoms with Gasteiger partial charge in [0.05, 0.1) is 5.41 Å². The molecule has 0 fully saturated rings. The molecule has 0 aliphatic carbocycles. The van der Waals surface area contributed by atoms with Crippen molar-refractivity contribution in [1.82, 2.24) is 0 Å². The molecule has 0 aromatic rings. The van der Waals surface area contributed by atoms with E-state index in [1.165, 1.54) is 13.0 Å². The summed E-state index contributed by atoms with van der Waals surface area (Å²) in [5.41, 5.74) is 0.414. The minimum Gasteiger partial charge on any atom is -1.00 e. The summed E-state index contributed by atoms with van der Waals surface area (Å²) in [6, 6.07) is 0. The van der Waals surface area contributed by atoms with Crippen molar-refractivity contribution >= 4 is 10.1 Å². The second kappa shape index (κ2) is 5.09. The molecule has 0 aromatic carbocycles. The number of allylic oxidation sites excluding steroid dienone is 2. The van der Waals surface area contributed by atoms with Crippen molar-refractivity contribution in [3.8, 4) is 0 Å². The maximum Gasteiger partial charge on any atom is 1.00 e. The summed E-state index contributed by atoms with van der Waals surface area (Å²) in [6.45, 7) is 4.83. The molecule has 0 aromatic heterocycles. The first-order valence-electron chi connectivity index (χ1n) is 2.24. The van der Waals surface area contributed by atoms with E-state index >= 15 is 0 Å². The molecule has 0 amide bonds. The SMILES string of the molecule is C=CC(C)=CS(=O)(=O)O.[H-].[Na+]. The summed E-state index contributed by atoms with van der Waals surface area (Å²) >= 11 is 0. The van der Waals surface area contributed by atoms with E-state index < -0.39 is 10.1 Å². The molecule has 0 aliphatic heterocycles. The molecule has 0 rings (SSSR count). The van der Waals surface area contributed by atoms with Gasteiger partial charge in [-0.15, -0.1) is 0 Å². The zero-order valence-corrected chi connectivity index (χ0v) is 8.85. The van der Waals surface area contributed by atoms with Crippen molar-refractivity contribution in [3.05, 3.63) is 23.6 Å². The summed E-state index contributed by atoms with van der Waals surface area (Å²) in [5.74, 6) is 0. The zero-order valence-electron chi connectivity index (χ0n) is 7.03. The molecule has 0 heterocycles. The third kappa shape index (κ3) is 8.39. The van der Waals surface area contributed by atoms with Gasteiger partial charge in [0.25, 0.3) is 10.1 Å². The van der Waals surface area contributed by atoms with Crippen molar-refractivity contribution in [3.63, 3.8) is 0 Å². The third-order valence-electron chi connectivity index (χ3n) is 0.657. The summed E-state index contributed by atoms with van der Waals surface area (Å²) in [7, 11) is -3.97. The number of rotatable bonds is 2. The van der Waals surface area contributed by atoms with Crippen molar-refractivity contribution in [2.75, 3.05) is 0 Å². The predicted molar refractivity (Wildman–Crippen MR) is 36.6 cm³/mol. The van der Waals surface area contributed by atoms with Crippen molar-refractivity contribution in [2.45, 2.75) is 6.92 Å². The topological polar surface area (TPSA) is 54.4 Å². The summed E-state index contributed by atoms with van der Waals surface area (Å²) in [6.07, 6.45) is 1.34. The number of hydrogen-bond donors (Lipinski definition) is 1. The minimum atomic E-state index is -3.97. The fourth-order valence-corrected chi connectivity index (χ4v) is 0.849. The zero-order chi connectivity index (χ0) is 7.49. The van der Waals surface area contributed by atoms with Gasteiger partial charge in [0.15, 0.2) is 0 Å². The first-order chi connectivity index (χ1) is 3.95. The van der Waals surface area contributed by atoms with Crippen LogP contribution in [0.4, 0.5) is 0 Å². The monoisotopic (exact) mass is 172 g/mol. The Labute approximate surface area is 84.3 Å². The van der Waals surface area contributed by atoms with Crippen LogP contribution in [-0.2, 0) is 10.1 Å². The second-order valence-electron chi connectivity index (χ2n) is 1.58. The Morgan fingerprint density at radius 2 is 2.10 bits per heavy atom. The van der Waals surface area contributed by atoms with Crippen molar-refractivity contribution in [1.29, 1.82) is 0 Å². The van der Waals surface area contributed by atoms with Crippen LogP contribution in [0.3, 0.4) is 0 Å². The molecule has 0 spiro atoms. The Balaban J connectivity index is -0.000000320. The van der Waals surface area contributed by atoms with E-state index in [-0.39, 0.29) is 31.0 Å². The van der Waals surface area contributed by atoms with Crippen LogP contribution in [0, 0.1) is 0 Å². The number of hydrogen-bond acceptors (Lipinski definition) is 2. The molecule has 54 valence electrons. The van der Waals surface area contributed by atoms with Gasteiger partial charge in [-0.25, -0.2) is 0 Å². The maximum absolute atomic E-state index is 10.0. The average Bonchev–Trinajstić information content (AvgIpc) is 1.62. The predicted octanol–water partition coefficient (Wildman–Crippen LogP) is -1.92.